The third-order valence-corrected chi connectivity index (χ3v) is 3.88. The first-order valence-electron chi connectivity index (χ1n) is 6.54. The predicted octanol–water partition coefficient (Wildman–Crippen LogP) is 2.36. The van der Waals surface area contributed by atoms with Crippen LogP contribution >= 0.6 is 0 Å². The van der Waals surface area contributed by atoms with Gasteiger partial charge in [-0.3, -0.25) is 4.98 Å². The Morgan fingerprint density at radius 2 is 2.17 bits per heavy atom. The van der Waals surface area contributed by atoms with Crippen LogP contribution in [0.1, 0.15) is 31.4 Å². The van der Waals surface area contributed by atoms with Gasteiger partial charge in [0.1, 0.15) is 0 Å². The van der Waals surface area contributed by atoms with Gasteiger partial charge in [-0.25, -0.2) is 0 Å². The molecule has 0 aliphatic heterocycles. The number of hydrogen-bond acceptors (Lipinski definition) is 4. The van der Waals surface area contributed by atoms with E-state index < -0.39 is 0 Å². The Balaban J connectivity index is 2.07. The van der Waals surface area contributed by atoms with Crippen molar-refractivity contribution in [3.63, 3.8) is 0 Å². The number of nitrogens with zero attached hydrogens (tertiary/aromatic N) is 1. The van der Waals surface area contributed by atoms with Gasteiger partial charge < -0.3 is 15.2 Å². The van der Waals surface area contributed by atoms with Gasteiger partial charge >= 0.3 is 0 Å². The van der Waals surface area contributed by atoms with Crippen molar-refractivity contribution in [2.24, 2.45) is 5.41 Å². The minimum absolute atomic E-state index is 0.0438. The summed E-state index contributed by atoms with van der Waals surface area (Å²) in [4.78, 5) is 4.21. The Morgan fingerprint density at radius 1 is 1.44 bits per heavy atom. The van der Waals surface area contributed by atoms with Crippen LogP contribution < -0.4 is 10.1 Å². The van der Waals surface area contributed by atoms with E-state index in [-0.39, 0.29) is 12.0 Å². The van der Waals surface area contributed by atoms with Crippen molar-refractivity contribution in [3.8, 4) is 5.75 Å². The zero-order chi connectivity index (χ0) is 13.0. The fourth-order valence-corrected chi connectivity index (χ4v) is 2.65. The summed E-state index contributed by atoms with van der Waals surface area (Å²) in [5, 5.41) is 13.0. The normalized spacial score (nSPS) is 17.7. The van der Waals surface area contributed by atoms with Crippen LogP contribution in [-0.2, 0) is 0 Å². The molecule has 0 radical (unpaired) electrons. The maximum atomic E-state index is 9.59. The second-order valence-corrected chi connectivity index (χ2v) is 5.24. The first-order chi connectivity index (χ1) is 8.69. The molecule has 0 saturated heterocycles. The van der Waals surface area contributed by atoms with E-state index in [1.165, 1.54) is 12.8 Å². The Kier molecular flexibility index (Phi) is 4.07. The van der Waals surface area contributed by atoms with Crippen LogP contribution in [0.25, 0.3) is 0 Å². The van der Waals surface area contributed by atoms with E-state index in [4.69, 9.17) is 4.74 Å². The number of aliphatic hydroxyl groups excluding tert-OH is 1. The number of rotatable bonds is 5. The highest BCUT2D eigenvalue weighted by molar-refractivity contribution is 5.56. The molecule has 18 heavy (non-hydrogen) atoms. The first-order valence-corrected chi connectivity index (χ1v) is 6.54. The Hall–Kier alpha value is -1.29. The number of anilines is 1. The highest BCUT2D eigenvalue weighted by atomic mass is 16.5. The molecule has 2 rings (SSSR count). The molecule has 0 atom stereocenters. The van der Waals surface area contributed by atoms with Gasteiger partial charge in [0.2, 0.25) is 0 Å². The summed E-state index contributed by atoms with van der Waals surface area (Å²) in [7, 11) is 1.65. The van der Waals surface area contributed by atoms with E-state index in [0.717, 1.165) is 36.5 Å². The predicted molar refractivity (Wildman–Crippen MR) is 72.0 cm³/mol. The molecule has 1 aromatic rings. The molecule has 0 bridgehead atoms. The number of ether oxygens (including phenoxy) is 1. The molecule has 0 aromatic carbocycles. The third kappa shape index (κ3) is 2.75. The molecule has 1 aliphatic carbocycles. The number of pyridine rings is 1. The fourth-order valence-electron chi connectivity index (χ4n) is 2.65. The number of aliphatic hydroxyl groups is 1. The van der Waals surface area contributed by atoms with Crippen molar-refractivity contribution in [3.05, 3.63) is 18.0 Å². The van der Waals surface area contributed by atoms with Crippen LogP contribution in [0.3, 0.4) is 0 Å². The van der Waals surface area contributed by atoms with Gasteiger partial charge in [0.05, 0.1) is 25.6 Å². The second kappa shape index (κ2) is 5.57. The summed E-state index contributed by atoms with van der Waals surface area (Å²) < 4.78 is 5.29. The monoisotopic (exact) mass is 250 g/mol. The second-order valence-electron chi connectivity index (χ2n) is 5.24. The summed E-state index contributed by atoms with van der Waals surface area (Å²) in [6.07, 6.45) is 6.37. The molecular weight excluding hydrogens is 228 g/mol. The van der Waals surface area contributed by atoms with Crippen molar-refractivity contribution in [1.82, 2.24) is 4.98 Å². The molecular formula is C14H22N2O2. The zero-order valence-corrected chi connectivity index (χ0v) is 11.2. The Labute approximate surface area is 108 Å². The minimum Gasteiger partial charge on any atom is -0.493 e. The highest BCUT2D eigenvalue weighted by Gasteiger charge is 2.33. The lowest BCUT2D eigenvalue weighted by Crippen LogP contribution is -2.30. The van der Waals surface area contributed by atoms with E-state index in [9.17, 15) is 5.11 Å². The van der Waals surface area contributed by atoms with E-state index in [0.29, 0.717) is 0 Å². The molecule has 2 N–H and O–H groups in total. The SMILES string of the molecule is COc1cnc(C)cc1NCC1(CO)CCCC1. The van der Waals surface area contributed by atoms with Crippen LogP contribution in [0.15, 0.2) is 12.3 Å². The van der Waals surface area contributed by atoms with Crippen LogP contribution in [0, 0.1) is 12.3 Å². The molecule has 1 saturated carbocycles. The molecule has 100 valence electrons. The summed E-state index contributed by atoms with van der Waals surface area (Å²) in [5.41, 5.74) is 1.97. The lowest BCUT2D eigenvalue weighted by atomic mass is 9.87. The number of aryl methyl sites for hydroxylation is 1. The van der Waals surface area contributed by atoms with Crippen molar-refractivity contribution in [2.45, 2.75) is 32.6 Å². The van der Waals surface area contributed by atoms with Crippen LogP contribution in [0.2, 0.25) is 0 Å². The molecule has 4 nitrogen and oxygen atoms in total. The topological polar surface area (TPSA) is 54.4 Å². The van der Waals surface area contributed by atoms with E-state index in [1.54, 1.807) is 13.3 Å². The van der Waals surface area contributed by atoms with E-state index >= 15 is 0 Å². The Morgan fingerprint density at radius 3 is 2.78 bits per heavy atom. The average Bonchev–Trinajstić information content (AvgIpc) is 2.86. The maximum Gasteiger partial charge on any atom is 0.160 e. The smallest absolute Gasteiger partial charge is 0.160 e. The molecule has 0 unspecified atom stereocenters. The van der Waals surface area contributed by atoms with Crippen molar-refractivity contribution < 1.29 is 9.84 Å². The maximum absolute atomic E-state index is 9.59. The Bertz CT molecular complexity index is 401. The summed E-state index contributed by atoms with van der Waals surface area (Å²) >= 11 is 0. The molecule has 1 aliphatic rings. The van der Waals surface area contributed by atoms with Gasteiger partial charge in [0.15, 0.2) is 5.75 Å². The highest BCUT2D eigenvalue weighted by Crippen LogP contribution is 2.38. The molecule has 4 heteroatoms. The van der Waals surface area contributed by atoms with Gasteiger partial charge in [0, 0.05) is 17.7 Å². The lowest BCUT2D eigenvalue weighted by Gasteiger charge is -2.27. The zero-order valence-electron chi connectivity index (χ0n) is 11.2. The van der Waals surface area contributed by atoms with Gasteiger partial charge in [-0.05, 0) is 25.8 Å². The first kappa shape index (κ1) is 13.1. The van der Waals surface area contributed by atoms with Gasteiger partial charge in [-0.1, -0.05) is 12.8 Å². The summed E-state index contributed by atoms with van der Waals surface area (Å²) in [5.74, 6) is 0.756. The van der Waals surface area contributed by atoms with Crippen molar-refractivity contribution in [1.29, 1.82) is 0 Å². The third-order valence-electron chi connectivity index (χ3n) is 3.88. The van der Waals surface area contributed by atoms with Crippen molar-refractivity contribution >= 4 is 5.69 Å². The fraction of sp³-hybridized carbons (Fsp3) is 0.643. The van der Waals surface area contributed by atoms with Crippen LogP contribution in [0.4, 0.5) is 5.69 Å². The standard InChI is InChI=1S/C14H22N2O2/c1-11-7-12(13(18-2)8-15-11)16-9-14(10-17)5-3-4-6-14/h7-8,17H,3-6,9-10H2,1-2H3,(H,15,16). The van der Waals surface area contributed by atoms with E-state index in [2.05, 4.69) is 10.3 Å². The largest absolute Gasteiger partial charge is 0.493 e. The van der Waals surface area contributed by atoms with Crippen molar-refractivity contribution in [2.75, 3.05) is 25.6 Å². The molecule has 1 heterocycles. The molecule has 1 aromatic heterocycles. The van der Waals surface area contributed by atoms with E-state index in [1.807, 2.05) is 13.0 Å². The van der Waals surface area contributed by atoms with Gasteiger partial charge in [0.25, 0.3) is 0 Å². The minimum atomic E-state index is 0.0438. The number of nitrogens with one attached hydrogen (secondary N) is 1. The summed E-state index contributed by atoms with van der Waals surface area (Å²) in [6, 6.07) is 1.98. The average molecular weight is 250 g/mol. The number of hydrogen-bond donors (Lipinski definition) is 2. The van der Waals surface area contributed by atoms with Gasteiger partial charge in [-0.15, -0.1) is 0 Å². The number of methoxy groups -OCH3 is 1. The molecule has 0 spiro atoms. The summed E-state index contributed by atoms with van der Waals surface area (Å²) in [6.45, 7) is 3.01. The van der Waals surface area contributed by atoms with Crippen LogP contribution in [0.5, 0.6) is 5.75 Å². The van der Waals surface area contributed by atoms with Crippen LogP contribution in [-0.4, -0.2) is 30.4 Å². The quantitative estimate of drug-likeness (QED) is 0.842. The lowest BCUT2D eigenvalue weighted by molar-refractivity contribution is 0.142. The molecule has 1 fully saturated rings. The number of aromatic nitrogens is 1. The molecule has 0 amide bonds. The van der Waals surface area contributed by atoms with Gasteiger partial charge in [-0.2, -0.15) is 0 Å².